The fourth-order valence-corrected chi connectivity index (χ4v) is 0. The third kappa shape index (κ3) is 6330. The zero-order chi connectivity index (χ0) is 9.00. The summed E-state index contributed by atoms with van der Waals surface area (Å²) >= 11 is 0. The third-order valence-electron chi connectivity index (χ3n) is 0. The van der Waals surface area contributed by atoms with E-state index >= 15 is 0 Å². The summed E-state index contributed by atoms with van der Waals surface area (Å²) < 4.78 is 63.2. The Balaban J connectivity index is -0.00000000508. The molecule has 0 heterocycles. The van der Waals surface area contributed by atoms with E-state index in [9.17, 15) is 0 Å². The molecule has 116 valence electrons. The summed E-state index contributed by atoms with van der Waals surface area (Å²) in [5.74, 6) is 0. The molecule has 0 spiro atoms. The molecule has 0 bridgehead atoms. The largest absolute Gasteiger partial charge is 2.00 e. The van der Waals surface area contributed by atoms with E-state index in [0.717, 1.165) is 0 Å². The molecule has 0 unspecified atom stereocenters. The quantitative estimate of drug-likeness (QED) is 0.196. The van der Waals surface area contributed by atoms with Gasteiger partial charge in [-0.05, 0) is 0 Å². The first kappa shape index (κ1) is 65.0. The van der Waals surface area contributed by atoms with Gasteiger partial charge in [0.2, 0.25) is 0 Å². The monoisotopic (exact) mass is 340 g/mol. The predicted molar refractivity (Wildman–Crippen MR) is 66.5 cm³/mol. The van der Waals surface area contributed by atoms with Gasteiger partial charge in [0.05, 0.1) is 0 Å². The van der Waals surface area contributed by atoms with Gasteiger partial charge in [-0.2, -0.15) is 16.8 Å². The van der Waals surface area contributed by atoms with Gasteiger partial charge in [-0.25, -0.2) is 0 Å². The molecule has 17 heavy (non-hydrogen) atoms. The van der Waals surface area contributed by atoms with Crippen molar-refractivity contribution in [2.45, 2.75) is 0 Å². The number of hydrogen-bond acceptors (Lipinski definition) is 10. The molecule has 14 nitrogen and oxygen atoms in total. The molecule has 17 heteroatoms. The first-order valence-corrected chi connectivity index (χ1v) is 4.19. The summed E-state index contributed by atoms with van der Waals surface area (Å²) in [5, 5.41) is 0. The Morgan fingerprint density at radius 3 is 0.529 bits per heavy atom. The fraction of sp³-hybridized carbons (Fsp3) is 0. The van der Waals surface area contributed by atoms with Gasteiger partial charge in [0.15, 0.2) is 0 Å². The Hall–Kier alpha value is 0.760. The van der Waals surface area contributed by atoms with Crippen LogP contribution in [0.5, 0.6) is 0 Å². The van der Waals surface area contributed by atoms with Crippen molar-refractivity contribution in [2.24, 2.45) is 0 Å². The molecular weight excluding hydrogens is 316 g/mol. The van der Waals surface area contributed by atoms with Crippen LogP contribution >= 0.6 is 0 Å². The first-order chi connectivity index (χ1) is 4.00. The molecule has 22 N–H and O–H groups in total. The summed E-state index contributed by atoms with van der Waals surface area (Å²) in [6, 6.07) is 0. The average Bonchev–Trinajstić information content (AvgIpc) is 1.12. The zero-order valence-corrected chi connectivity index (χ0v) is 13.0. The van der Waals surface area contributed by atoms with Crippen molar-refractivity contribution in [3.8, 4) is 0 Å². The molecule has 0 aromatic carbocycles. The van der Waals surface area contributed by atoms with Crippen molar-refractivity contribution >= 4 is 58.5 Å². The molecule has 0 amide bonds. The van der Waals surface area contributed by atoms with Gasteiger partial charge in [-0.1, -0.05) is 0 Å². The van der Waals surface area contributed by atoms with Crippen LogP contribution in [0.2, 0.25) is 0 Å². The smallest absolute Gasteiger partial charge is 1.00 e. The Bertz CT molecular complexity index is 234. The third-order valence-corrected chi connectivity index (χ3v) is 0. The van der Waals surface area contributed by atoms with Crippen molar-refractivity contribution in [2.75, 3.05) is 0 Å². The normalized spacial score (nSPS) is 6.82. The molecular formula is H24CaN6O8S2. The maximum Gasteiger partial charge on any atom is 2.00 e. The maximum atomic E-state index is 8.74. The second kappa shape index (κ2) is 25.6. The van der Waals surface area contributed by atoms with E-state index in [2.05, 4.69) is 0 Å². The topological polar surface area (TPSA) is 359 Å². The Morgan fingerprint density at radius 2 is 0.529 bits per heavy atom. The molecule has 0 aromatic heterocycles. The van der Waals surface area contributed by atoms with Crippen molar-refractivity contribution in [3.63, 3.8) is 0 Å². The average molecular weight is 340 g/mol. The molecule has 0 atom stereocenters. The van der Waals surface area contributed by atoms with Gasteiger partial charge < -0.3 is 39.8 Å². The Labute approximate surface area is 133 Å². The van der Waals surface area contributed by atoms with Crippen LogP contribution in [-0.4, -0.2) is 72.8 Å². The number of hydrogen-bond donors (Lipinski definition) is 10. The van der Waals surface area contributed by atoms with Gasteiger partial charge in [0.25, 0.3) is 0 Å². The molecule has 0 aliphatic carbocycles. The summed E-state index contributed by atoms with van der Waals surface area (Å²) in [5.41, 5.74) is 0. The van der Waals surface area contributed by atoms with Crippen LogP contribution in [0, 0.1) is 0 Å². The standard InChI is InChI=1S/Ca.6H3N.2H2O4S.2H/c;;;;;;;2*1-5(2,3)4;;/h;6*1H3;2*(H2,1,2,3,4);;/q+2;;;;;;;;;2*-1. The summed E-state index contributed by atoms with van der Waals surface area (Å²) in [6.45, 7) is 0. The van der Waals surface area contributed by atoms with Crippen LogP contribution in [0.3, 0.4) is 0 Å². The van der Waals surface area contributed by atoms with Crippen LogP contribution in [0.15, 0.2) is 0 Å². The van der Waals surface area contributed by atoms with Crippen molar-refractivity contribution in [1.29, 1.82) is 0 Å². The van der Waals surface area contributed by atoms with Gasteiger partial charge >= 0.3 is 58.5 Å². The molecule has 0 aromatic rings. The van der Waals surface area contributed by atoms with Crippen LogP contribution in [0.25, 0.3) is 0 Å². The molecule has 0 fully saturated rings. The molecule has 0 rings (SSSR count). The minimum atomic E-state index is -4.67. The van der Waals surface area contributed by atoms with Crippen molar-refractivity contribution in [3.05, 3.63) is 0 Å². The summed E-state index contributed by atoms with van der Waals surface area (Å²) in [4.78, 5) is 0. The second-order valence-corrected chi connectivity index (χ2v) is 2.69. The van der Waals surface area contributed by atoms with E-state index in [0.29, 0.717) is 0 Å². The van der Waals surface area contributed by atoms with E-state index in [-0.39, 0.29) is 77.5 Å². The number of rotatable bonds is 0. The Kier molecular flexibility index (Phi) is 97.8. The van der Waals surface area contributed by atoms with Gasteiger partial charge in [0.1, 0.15) is 0 Å². The second-order valence-electron chi connectivity index (χ2n) is 0.896. The van der Waals surface area contributed by atoms with Crippen LogP contribution in [-0.2, 0) is 20.8 Å². The minimum absolute atomic E-state index is 0. The van der Waals surface area contributed by atoms with Crippen LogP contribution < -0.4 is 36.9 Å². The van der Waals surface area contributed by atoms with E-state index < -0.39 is 20.8 Å². The van der Waals surface area contributed by atoms with Crippen molar-refractivity contribution in [1.82, 2.24) is 36.9 Å². The van der Waals surface area contributed by atoms with E-state index in [1.165, 1.54) is 0 Å². The zero-order valence-electron chi connectivity index (χ0n) is 11.2. The van der Waals surface area contributed by atoms with Crippen LogP contribution in [0.4, 0.5) is 0 Å². The Morgan fingerprint density at radius 1 is 0.529 bits per heavy atom. The van der Waals surface area contributed by atoms with E-state index in [1.54, 1.807) is 0 Å². The molecule has 0 radical (unpaired) electrons. The van der Waals surface area contributed by atoms with Gasteiger partial charge in [-0.3, -0.25) is 18.2 Å². The molecule has 0 saturated carbocycles. The maximum absolute atomic E-state index is 8.74. The summed E-state index contributed by atoms with van der Waals surface area (Å²) in [7, 11) is -9.33. The summed E-state index contributed by atoms with van der Waals surface area (Å²) in [6.07, 6.45) is 0. The van der Waals surface area contributed by atoms with Gasteiger partial charge in [-0.15, -0.1) is 0 Å². The molecule has 0 aliphatic rings. The first-order valence-electron chi connectivity index (χ1n) is 1.40. The molecule has 0 saturated heterocycles. The van der Waals surface area contributed by atoms with Crippen molar-refractivity contribution < 1.29 is 37.9 Å². The van der Waals surface area contributed by atoms with E-state index in [1.807, 2.05) is 0 Å². The fourth-order valence-electron chi connectivity index (χ4n) is 0. The SMILES string of the molecule is N.N.N.N.N.N.O=S(=O)(O)O.O=S(=O)(O)O.[Ca+2].[H-].[H-]. The van der Waals surface area contributed by atoms with E-state index in [4.69, 9.17) is 35.0 Å². The predicted octanol–water partition coefficient (Wildman–Crippen LogP) is -0.489. The van der Waals surface area contributed by atoms with Gasteiger partial charge in [0, 0.05) is 0 Å². The minimum Gasteiger partial charge on any atom is -1.00 e. The van der Waals surface area contributed by atoms with Crippen LogP contribution in [0.1, 0.15) is 2.85 Å². The molecule has 0 aliphatic heterocycles.